The molecule has 0 aliphatic carbocycles. The molecule has 1 aromatic rings. The quantitative estimate of drug-likeness (QED) is 0.922. The normalized spacial score (nSPS) is 19.4. The van der Waals surface area contributed by atoms with E-state index in [-0.39, 0.29) is 11.8 Å². The number of rotatable bonds is 4. The number of carbonyl (C=O) groups excluding carboxylic acids is 1. The highest BCUT2D eigenvalue weighted by Gasteiger charge is 2.24. The summed E-state index contributed by atoms with van der Waals surface area (Å²) >= 11 is 0. The van der Waals surface area contributed by atoms with Crippen molar-refractivity contribution in [1.82, 2.24) is 14.9 Å². The van der Waals surface area contributed by atoms with Crippen LogP contribution in [0.2, 0.25) is 0 Å². The van der Waals surface area contributed by atoms with Crippen molar-refractivity contribution in [2.24, 2.45) is 5.92 Å². The van der Waals surface area contributed by atoms with E-state index in [0.717, 1.165) is 50.7 Å². The van der Waals surface area contributed by atoms with Crippen LogP contribution in [0, 0.1) is 5.92 Å². The van der Waals surface area contributed by atoms with Crippen molar-refractivity contribution >= 4 is 17.5 Å². The first-order valence-corrected chi connectivity index (χ1v) is 8.76. The topological polar surface area (TPSA) is 61.4 Å². The lowest BCUT2D eigenvalue weighted by Crippen LogP contribution is -2.44. The molecule has 2 aliphatic heterocycles. The Morgan fingerprint density at radius 1 is 1.17 bits per heavy atom. The van der Waals surface area contributed by atoms with Gasteiger partial charge in [0.1, 0.15) is 18.0 Å². The van der Waals surface area contributed by atoms with E-state index in [1.54, 1.807) is 6.33 Å². The molecular formula is C17H27N5O. The zero-order chi connectivity index (χ0) is 16.2. The van der Waals surface area contributed by atoms with Crippen LogP contribution >= 0.6 is 0 Å². The molecule has 1 N–H and O–H groups in total. The Balaban J connectivity index is 1.54. The highest BCUT2D eigenvalue weighted by Crippen LogP contribution is 2.21. The minimum Gasteiger partial charge on any atom is -0.367 e. The van der Waals surface area contributed by atoms with Gasteiger partial charge in [-0.05, 0) is 25.7 Å². The van der Waals surface area contributed by atoms with Crippen molar-refractivity contribution in [1.29, 1.82) is 0 Å². The summed E-state index contributed by atoms with van der Waals surface area (Å²) in [5.41, 5.74) is 0. The van der Waals surface area contributed by atoms with Gasteiger partial charge in [0.25, 0.3) is 0 Å². The second kappa shape index (κ2) is 7.15. The molecule has 2 saturated heterocycles. The molecule has 6 nitrogen and oxygen atoms in total. The fraction of sp³-hybridized carbons (Fsp3) is 0.706. The molecule has 0 atom stereocenters. The van der Waals surface area contributed by atoms with E-state index < -0.39 is 0 Å². The van der Waals surface area contributed by atoms with E-state index in [2.05, 4.69) is 26.3 Å². The van der Waals surface area contributed by atoms with Gasteiger partial charge in [0.15, 0.2) is 0 Å². The van der Waals surface area contributed by atoms with Gasteiger partial charge in [-0.25, -0.2) is 9.97 Å². The smallest absolute Gasteiger partial charge is 0.225 e. The highest BCUT2D eigenvalue weighted by molar-refractivity contribution is 5.78. The standard InChI is InChI=1S/C17H27N5O/c1-13(2)17(23)22-9-5-14(6-10-22)20-15-11-16(19-12-18-15)21-7-3-4-8-21/h11-14H,3-10H2,1-2H3,(H,18,19,20). The molecule has 2 fully saturated rings. The number of anilines is 2. The van der Waals surface area contributed by atoms with Crippen LogP contribution in [0.1, 0.15) is 39.5 Å². The first-order valence-electron chi connectivity index (χ1n) is 8.76. The largest absolute Gasteiger partial charge is 0.367 e. The molecule has 0 radical (unpaired) electrons. The van der Waals surface area contributed by atoms with Gasteiger partial charge in [-0.3, -0.25) is 4.79 Å². The van der Waals surface area contributed by atoms with Crippen molar-refractivity contribution in [3.63, 3.8) is 0 Å². The van der Waals surface area contributed by atoms with E-state index in [1.807, 2.05) is 18.7 Å². The molecule has 1 amide bonds. The molecule has 3 rings (SSSR count). The molecule has 6 heteroatoms. The summed E-state index contributed by atoms with van der Waals surface area (Å²) in [5.74, 6) is 2.27. The van der Waals surface area contributed by atoms with E-state index in [0.29, 0.717) is 6.04 Å². The van der Waals surface area contributed by atoms with E-state index in [1.165, 1.54) is 12.8 Å². The molecule has 0 aromatic carbocycles. The number of piperidine rings is 1. The van der Waals surface area contributed by atoms with Crippen LogP contribution < -0.4 is 10.2 Å². The maximum Gasteiger partial charge on any atom is 0.225 e. The second-order valence-corrected chi connectivity index (χ2v) is 6.85. The predicted octanol–water partition coefficient (Wildman–Crippen LogP) is 2.14. The second-order valence-electron chi connectivity index (χ2n) is 6.85. The predicted molar refractivity (Wildman–Crippen MR) is 91.5 cm³/mol. The molecule has 3 heterocycles. The summed E-state index contributed by atoms with van der Waals surface area (Å²) in [7, 11) is 0. The summed E-state index contributed by atoms with van der Waals surface area (Å²) in [6, 6.07) is 2.43. The van der Waals surface area contributed by atoms with Gasteiger partial charge in [-0.15, -0.1) is 0 Å². The van der Waals surface area contributed by atoms with Gasteiger partial charge in [-0.1, -0.05) is 13.8 Å². The van der Waals surface area contributed by atoms with Gasteiger partial charge in [-0.2, -0.15) is 0 Å². The molecule has 1 aromatic heterocycles. The van der Waals surface area contributed by atoms with Gasteiger partial charge < -0.3 is 15.1 Å². The van der Waals surface area contributed by atoms with Crippen LogP contribution in [-0.2, 0) is 4.79 Å². The molecule has 126 valence electrons. The van der Waals surface area contributed by atoms with E-state index in [9.17, 15) is 4.79 Å². The molecule has 23 heavy (non-hydrogen) atoms. The average Bonchev–Trinajstić information content (AvgIpc) is 3.10. The third-order valence-electron chi connectivity index (χ3n) is 4.74. The maximum absolute atomic E-state index is 12.0. The van der Waals surface area contributed by atoms with E-state index in [4.69, 9.17) is 0 Å². The van der Waals surface area contributed by atoms with Crippen LogP contribution in [0.3, 0.4) is 0 Å². The Morgan fingerprint density at radius 2 is 1.87 bits per heavy atom. The molecule has 2 aliphatic rings. The number of aromatic nitrogens is 2. The van der Waals surface area contributed by atoms with Crippen LogP contribution in [-0.4, -0.2) is 53.0 Å². The fourth-order valence-electron chi connectivity index (χ4n) is 3.36. The summed E-state index contributed by atoms with van der Waals surface area (Å²) in [6.45, 7) is 7.77. The van der Waals surface area contributed by atoms with Gasteiger partial charge in [0.2, 0.25) is 5.91 Å². The lowest BCUT2D eigenvalue weighted by Gasteiger charge is -2.33. The maximum atomic E-state index is 12.0. The van der Waals surface area contributed by atoms with Crippen LogP contribution in [0.25, 0.3) is 0 Å². The van der Waals surface area contributed by atoms with Gasteiger partial charge >= 0.3 is 0 Å². The number of carbonyl (C=O) groups is 1. The fourth-order valence-corrected chi connectivity index (χ4v) is 3.36. The van der Waals surface area contributed by atoms with Crippen molar-refractivity contribution in [2.45, 2.75) is 45.6 Å². The van der Waals surface area contributed by atoms with Crippen molar-refractivity contribution in [3.8, 4) is 0 Å². The molecule has 0 unspecified atom stereocenters. The summed E-state index contributed by atoms with van der Waals surface area (Å²) in [6.07, 6.45) is 6.08. The Labute approximate surface area is 138 Å². The van der Waals surface area contributed by atoms with Gasteiger partial charge in [0.05, 0.1) is 0 Å². The first-order chi connectivity index (χ1) is 11.1. The number of amides is 1. The Bertz CT molecular complexity index is 534. The Hall–Kier alpha value is -1.85. The summed E-state index contributed by atoms with van der Waals surface area (Å²) < 4.78 is 0. The molecule has 0 saturated carbocycles. The number of nitrogens with one attached hydrogen (secondary N) is 1. The number of nitrogens with zero attached hydrogens (tertiary/aromatic N) is 4. The summed E-state index contributed by atoms with van der Waals surface area (Å²) in [5, 5.41) is 3.52. The molecular weight excluding hydrogens is 290 g/mol. The third-order valence-corrected chi connectivity index (χ3v) is 4.74. The zero-order valence-electron chi connectivity index (χ0n) is 14.2. The van der Waals surface area contributed by atoms with Crippen LogP contribution in [0.4, 0.5) is 11.6 Å². The Morgan fingerprint density at radius 3 is 2.52 bits per heavy atom. The number of hydrogen-bond donors (Lipinski definition) is 1. The number of hydrogen-bond acceptors (Lipinski definition) is 5. The molecule has 0 spiro atoms. The third kappa shape index (κ3) is 3.92. The minimum atomic E-state index is 0.0874. The minimum absolute atomic E-state index is 0.0874. The van der Waals surface area contributed by atoms with Crippen LogP contribution in [0.15, 0.2) is 12.4 Å². The van der Waals surface area contributed by atoms with Crippen molar-refractivity contribution in [3.05, 3.63) is 12.4 Å². The summed E-state index contributed by atoms with van der Waals surface area (Å²) in [4.78, 5) is 25.1. The Kier molecular flexibility index (Phi) is 4.98. The van der Waals surface area contributed by atoms with Crippen LogP contribution in [0.5, 0.6) is 0 Å². The lowest BCUT2D eigenvalue weighted by atomic mass is 10.0. The molecule has 0 bridgehead atoms. The van der Waals surface area contributed by atoms with Gasteiger partial charge in [0, 0.05) is 44.2 Å². The lowest BCUT2D eigenvalue weighted by molar-refractivity contribution is -0.135. The first kappa shape index (κ1) is 16.0. The van der Waals surface area contributed by atoms with E-state index >= 15 is 0 Å². The SMILES string of the molecule is CC(C)C(=O)N1CCC(Nc2cc(N3CCCC3)ncn2)CC1. The average molecular weight is 317 g/mol. The monoisotopic (exact) mass is 317 g/mol. The highest BCUT2D eigenvalue weighted by atomic mass is 16.2. The van der Waals surface area contributed by atoms with Crippen molar-refractivity contribution in [2.75, 3.05) is 36.4 Å². The zero-order valence-corrected chi connectivity index (χ0v) is 14.2. The van der Waals surface area contributed by atoms with Crippen molar-refractivity contribution < 1.29 is 4.79 Å². The number of likely N-dealkylation sites (tertiary alicyclic amines) is 1.